The van der Waals surface area contributed by atoms with Crippen LogP contribution in [0.3, 0.4) is 0 Å². The minimum absolute atomic E-state index is 0.581. The van der Waals surface area contributed by atoms with Crippen molar-refractivity contribution in [3.8, 4) is 5.75 Å². The summed E-state index contributed by atoms with van der Waals surface area (Å²) in [6.45, 7) is 4.99. The van der Waals surface area contributed by atoms with Crippen LogP contribution in [-0.4, -0.2) is 39.5 Å². The highest BCUT2D eigenvalue weighted by molar-refractivity contribution is 9.10. The van der Waals surface area contributed by atoms with Gasteiger partial charge < -0.3 is 20.5 Å². The van der Waals surface area contributed by atoms with Crippen LogP contribution in [0.2, 0.25) is 0 Å². The lowest BCUT2D eigenvalue weighted by Crippen LogP contribution is -2.88. The Morgan fingerprint density at radius 1 is 1.12 bits per heavy atom. The quantitative estimate of drug-likeness (QED) is 0.613. The lowest BCUT2D eigenvalue weighted by Gasteiger charge is -2.08. The Hall–Kier alpha value is -0.620. The average molecular weight is 305 g/mol. The van der Waals surface area contributed by atoms with Crippen molar-refractivity contribution in [2.75, 3.05) is 39.5 Å². The predicted molar refractivity (Wildman–Crippen MR) is 69.9 cm³/mol. The Kier molecular flexibility index (Phi) is 8.00. The molecule has 0 unspecified atom stereocenters. The van der Waals surface area contributed by atoms with Crippen molar-refractivity contribution in [3.05, 3.63) is 28.7 Å². The first kappa shape index (κ1) is 14.4. The van der Waals surface area contributed by atoms with Gasteiger partial charge in [0.05, 0.1) is 24.2 Å². The van der Waals surface area contributed by atoms with E-state index in [2.05, 4.69) is 27.0 Å². The molecule has 0 spiro atoms. The highest BCUT2D eigenvalue weighted by atomic mass is 79.9. The van der Waals surface area contributed by atoms with E-state index < -0.39 is 0 Å². The van der Waals surface area contributed by atoms with Crippen molar-refractivity contribution in [1.82, 2.24) is 0 Å². The zero-order chi connectivity index (χ0) is 12.3. The molecular formula is C12H21BrN2O2+2. The summed E-state index contributed by atoms with van der Waals surface area (Å²) in [4.78, 5) is 0. The predicted octanol–water partition coefficient (Wildman–Crippen LogP) is -0.350. The normalized spacial score (nSPS) is 10.5. The summed E-state index contributed by atoms with van der Waals surface area (Å²) in [5.74, 6) is 0.861. The van der Waals surface area contributed by atoms with E-state index in [0.29, 0.717) is 13.2 Å². The topological polar surface area (TPSA) is 62.7 Å². The van der Waals surface area contributed by atoms with Gasteiger partial charge in [0.1, 0.15) is 25.4 Å². The molecule has 1 aromatic rings. The van der Waals surface area contributed by atoms with Gasteiger partial charge in [-0.2, -0.15) is 0 Å². The third kappa shape index (κ3) is 6.63. The van der Waals surface area contributed by atoms with Gasteiger partial charge in [-0.3, -0.25) is 0 Å². The number of nitrogens with two attached hydrogens (primary N) is 1. The summed E-state index contributed by atoms with van der Waals surface area (Å²) >= 11 is 3.43. The van der Waals surface area contributed by atoms with Crippen molar-refractivity contribution < 1.29 is 20.5 Å². The van der Waals surface area contributed by atoms with Gasteiger partial charge in [-0.15, -0.1) is 0 Å². The second kappa shape index (κ2) is 9.41. The first-order valence-electron chi connectivity index (χ1n) is 5.90. The van der Waals surface area contributed by atoms with Crippen LogP contribution in [0.1, 0.15) is 0 Å². The van der Waals surface area contributed by atoms with E-state index >= 15 is 0 Å². The minimum Gasteiger partial charge on any atom is -0.490 e. The van der Waals surface area contributed by atoms with E-state index in [1.165, 1.54) is 0 Å². The van der Waals surface area contributed by atoms with Crippen LogP contribution in [0, 0.1) is 0 Å². The Balaban J connectivity index is 1.99. The van der Waals surface area contributed by atoms with Crippen molar-refractivity contribution in [1.29, 1.82) is 0 Å². The lowest BCUT2D eigenvalue weighted by atomic mass is 10.3. The van der Waals surface area contributed by atoms with Gasteiger partial charge in [0, 0.05) is 0 Å². The molecule has 0 saturated carbocycles. The molecule has 0 amide bonds. The van der Waals surface area contributed by atoms with Gasteiger partial charge in [-0.25, -0.2) is 0 Å². The molecule has 1 aromatic carbocycles. The van der Waals surface area contributed by atoms with E-state index in [1.807, 2.05) is 24.3 Å². The Morgan fingerprint density at radius 3 is 2.71 bits per heavy atom. The molecule has 0 bridgehead atoms. The van der Waals surface area contributed by atoms with Crippen LogP contribution in [0.5, 0.6) is 5.75 Å². The number of hydrogen-bond donors (Lipinski definition) is 2. The third-order valence-electron chi connectivity index (χ3n) is 2.20. The molecule has 96 valence electrons. The number of rotatable bonds is 9. The third-order valence-corrected chi connectivity index (χ3v) is 2.85. The maximum Gasteiger partial charge on any atom is 0.133 e. The number of halogens is 1. The first-order chi connectivity index (χ1) is 8.34. The Bertz CT molecular complexity index is 310. The van der Waals surface area contributed by atoms with Gasteiger partial charge in [0.25, 0.3) is 0 Å². The SMILES string of the molecule is [NH3+]CC[NH2+]CCOCCOc1ccccc1Br. The molecule has 0 aliphatic rings. The van der Waals surface area contributed by atoms with Crippen LogP contribution in [0.25, 0.3) is 0 Å². The van der Waals surface area contributed by atoms with Crippen LogP contribution in [-0.2, 0) is 4.74 Å². The average Bonchev–Trinajstić information content (AvgIpc) is 2.35. The molecule has 0 heterocycles. The Morgan fingerprint density at radius 2 is 1.94 bits per heavy atom. The first-order valence-corrected chi connectivity index (χ1v) is 6.70. The van der Waals surface area contributed by atoms with Crippen LogP contribution in [0.4, 0.5) is 0 Å². The molecule has 0 aromatic heterocycles. The molecule has 1 rings (SSSR count). The molecule has 0 fully saturated rings. The van der Waals surface area contributed by atoms with Crippen LogP contribution >= 0.6 is 15.9 Å². The zero-order valence-electron chi connectivity index (χ0n) is 10.0. The fraction of sp³-hybridized carbons (Fsp3) is 0.500. The van der Waals surface area contributed by atoms with Gasteiger partial charge in [-0.05, 0) is 28.1 Å². The summed E-state index contributed by atoms with van der Waals surface area (Å²) in [5.41, 5.74) is 3.78. The smallest absolute Gasteiger partial charge is 0.133 e. The van der Waals surface area contributed by atoms with E-state index in [4.69, 9.17) is 9.47 Å². The van der Waals surface area contributed by atoms with E-state index in [1.54, 1.807) is 0 Å². The van der Waals surface area contributed by atoms with Crippen LogP contribution in [0.15, 0.2) is 28.7 Å². The molecule has 0 aliphatic heterocycles. The van der Waals surface area contributed by atoms with E-state index in [0.717, 1.165) is 36.5 Å². The highest BCUT2D eigenvalue weighted by Gasteiger charge is 1.98. The number of benzene rings is 1. The van der Waals surface area contributed by atoms with Crippen molar-refractivity contribution in [2.24, 2.45) is 0 Å². The second-order valence-electron chi connectivity index (χ2n) is 3.61. The number of ether oxygens (including phenoxy) is 2. The molecule has 0 aliphatic carbocycles. The molecule has 17 heavy (non-hydrogen) atoms. The highest BCUT2D eigenvalue weighted by Crippen LogP contribution is 2.23. The van der Waals surface area contributed by atoms with Crippen LogP contribution < -0.4 is 15.8 Å². The molecule has 0 atom stereocenters. The van der Waals surface area contributed by atoms with Gasteiger partial charge in [0.2, 0.25) is 0 Å². The standard InChI is InChI=1S/C12H19BrN2O2/c13-11-3-1-2-4-12(11)17-10-9-16-8-7-15-6-5-14/h1-4,15H,5-10,14H2/p+2. The molecular weight excluding hydrogens is 284 g/mol. The van der Waals surface area contributed by atoms with E-state index in [9.17, 15) is 0 Å². The fourth-order valence-corrected chi connectivity index (χ4v) is 1.73. The largest absolute Gasteiger partial charge is 0.490 e. The summed E-state index contributed by atoms with van der Waals surface area (Å²) < 4.78 is 12.0. The molecule has 5 heteroatoms. The second-order valence-corrected chi connectivity index (χ2v) is 4.47. The maximum atomic E-state index is 5.57. The number of hydrogen-bond acceptors (Lipinski definition) is 2. The maximum absolute atomic E-state index is 5.57. The van der Waals surface area contributed by atoms with Crippen molar-refractivity contribution >= 4 is 15.9 Å². The summed E-state index contributed by atoms with van der Waals surface area (Å²) in [6, 6.07) is 7.82. The van der Waals surface area contributed by atoms with Gasteiger partial charge in [0.15, 0.2) is 0 Å². The molecule has 5 N–H and O–H groups in total. The summed E-state index contributed by atoms with van der Waals surface area (Å²) in [7, 11) is 0. The molecule has 0 radical (unpaired) electrons. The number of para-hydroxylation sites is 1. The minimum atomic E-state index is 0.581. The summed E-state index contributed by atoms with van der Waals surface area (Å²) in [6.07, 6.45) is 0. The van der Waals surface area contributed by atoms with Crippen molar-refractivity contribution in [3.63, 3.8) is 0 Å². The Labute approximate surface area is 111 Å². The van der Waals surface area contributed by atoms with Crippen molar-refractivity contribution in [2.45, 2.75) is 0 Å². The molecule has 4 nitrogen and oxygen atoms in total. The zero-order valence-corrected chi connectivity index (χ0v) is 11.6. The van der Waals surface area contributed by atoms with Gasteiger partial charge in [-0.1, -0.05) is 12.1 Å². The summed E-state index contributed by atoms with van der Waals surface area (Å²) in [5, 5.41) is 2.21. The van der Waals surface area contributed by atoms with Gasteiger partial charge >= 0.3 is 0 Å². The number of quaternary nitrogens is 2. The fourth-order valence-electron chi connectivity index (χ4n) is 1.33. The lowest BCUT2D eigenvalue weighted by molar-refractivity contribution is -0.671. The molecule has 0 saturated heterocycles. The monoisotopic (exact) mass is 304 g/mol. The van der Waals surface area contributed by atoms with E-state index in [-0.39, 0.29) is 0 Å².